The number of nitrogens with one attached hydrogen (secondary N) is 4. The first-order valence-electron chi connectivity index (χ1n) is 12.1. The van der Waals surface area contributed by atoms with Crippen LogP contribution in [0.2, 0.25) is 5.02 Å². The number of rotatable bonds is 3. The van der Waals surface area contributed by atoms with E-state index in [1.54, 1.807) is 6.20 Å². The fourth-order valence-electron chi connectivity index (χ4n) is 5.48. The van der Waals surface area contributed by atoms with Crippen molar-refractivity contribution in [3.63, 3.8) is 0 Å². The first kappa shape index (κ1) is 22.7. The lowest BCUT2D eigenvalue weighted by Gasteiger charge is -2.39. The van der Waals surface area contributed by atoms with Crippen LogP contribution in [0.4, 0.5) is 11.8 Å². The number of allylic oxidation sites excluding steroid dienone is 1. The molecule has 33 heavy (non-hydrogen) atoms. The molecule has 180 valence electrons. The van der Waals surface area contributed by atoms with Crippen LogP contribution >= 0.6 is 11.6 Å². The summed E-state index contributed by atoms with van der Waals surface area (Å²) in [5, 5.41) is 19.1. The number of likely N-dealkylation sites (tertiary alicyclic amines) is 1. The fraction of sp³-hybridized carbons (Fsp3) is 0.696. The van der Waals surface area contributed by atoms with E-state index in [0.29, 0.717) is 53.3 Å². The van der Waals surface area contributed by atoms with Gasteiger partial charge in [-0.25, -0.2) is 4.98 Å². The van der Waals surface area contributed by atoms with E-state index in [0.717, 1.165) is 38.1 Å². The first-order valence-corrected chi connectivity index (χ1v) is 12.5. The van der Waals surface area contributed by atoms with Gasteiger partial charge >= 0.3 is 0 Å². The zero-order valence-electron chi connectivity index (χ0n) is 19.4. The SMILES string of the molecule is C/C(NC1CCC(N2C[C@H]3C[C@@H]2CO3)CC1)=C1\Nc2ncc(Cl)c(n2)NC(C)CCOC1=N. The number of halogens is 1. The standard InChI is InChI=1S/C23H34ClN7O2/c1-13-7-8-32-21(25)20(29-23-26-10-19(24)22(27-13)30-23)14(2)28-15-3-5-16(6-4-15)31-11-18-9-17(31)12-33-18/h10,13,15-18,25,28H,3-9,11-12H2,1-2H3,(H2,26,27,29,30)/b20-14+,25-21?/t13?,15?,16?,17-,18-/m1/s1. The van der Waals surface area contributed by atoms with Crippen molar-refractivity contribution in [2.75, 3.05) is 30.4 Å². The Morgan fingerprint density at radius 2 is 2.06 bits per heavy atom. The number of morpholine rings is 1. The van der Waals surface area contributed by atoms with Crippen molar-refractivity contribution in [1.29, 1.82) is 5.41 Å². The van der Waals surface area contributed by atoms with Crippen molar-refractivity contribution in [2.45, 2.75) is 82.6 Å². The zero-order chi connectivity index (χ0) is 22.9. The van der Waals surface area contributed by atoms with E-state index in [9.17, 15) is 0 Å². The lowest BCUT2D eigenvalue weighted by atomic mass is 9.89. The van der Waals surface area contributed by atoms with E-state index >= 15 is 0 Å². The monoisotopic (exact) mass is 475 g/mol. The second-order valence-corrected chi connectivity index (χ2v) is 10.1. The van der Waals surface area contributed by atoms with Crippen LogP contribution in [0.25, 0.3) is 0 Å². The van der Waals surface area contributed by atoms with Crippen LogP contribution in [0.3, 0.4) is 0 Å². The number of hydrogen-bond donors (Lipinski definition) is 4. The van der Waals surface area contributed by atoms with Gasteiger partial charge in [0.2, 0.25) is 11.8 Å². The number of fused-ring (bicyclic) bond motifs is 4. The van der Waals surface area contributed by atoms with Gasteiger partial charge in [0.05, 0.1) is 25.5 Å². The quantitative estimate of drug-likeness (QED) is 0.527. The Hall–Kier alpha value is -2.10. The average Bonchev–Trinajstić information content (AvgIpc) is 3.43. The van der Waals surface area contributed by atoms with Gasteiger partial charge in [0.25, 0.3) is 0 Å². The van der Waals surface area contributed by atoms with Gasteiger partial charge in [-0.15, -0.1) is 0 Å². The maximum absolute atomic E-state index is 8.54. The Kier molecular flexibility index (Phi) is 6.62. The first-order chi connectivity index (χ1) is 16.0. The van der Waals surface area contributed by atoms with Crippen molar-refractivity contribution < 1.29 is 9.47 Å². The highest BCUT2D eigenvalue weighted by molar-refractivity contribution is 6.32. The van der Waals surface area contributed by atoms with E-state index in [4.69, 9.17) is 26.5 Å². The third kappa shape index (κ3) is 5.05. The second kappa shape index (κ2) is 9.64. The van der Waals surface area contributed by atoms with Gasteiger partial charge in [-0.1, -0.05) is 11.6 Å². The molecular weight excluding hydrogens is 442 g/mol. The summed E-state index contributed by atoms with van der Waals surface area (Å²) < 4.78 is 11.5. The topological polar surface area (TPSA) is 107 Å². The van der Waals surface area contributed by atoms with Crippen LogP contribution < -0.4 is 16.0 Å². The molecule has 3 fully saturated rings. The van der Waals surface area contributed by atoms with Crippen LogP contribution in [0.15, 0.2) is 17.6 Å². The minimum atomic E-state index is 0.0935. The molecule has 2 saturated heterocycles. The molecule has 9 nitrogen and oxygen atoms in total. The molecule has 4 bridgehead atoms. The van der Waals surface area contributed by atoms with Crippen molar-refractivity contribution >= 4 is 29.3 Å². The van der Waals surface area contributed by atoms with Crippen LogP contribution in [0, 0.1) is 5.41 Å². The van der Waals surface area contributed by atoms with Crippen LogP contribution in [0.1, 0.15) is 52.4 Å². The highest BCUT2D eigenvalue weighted by Crippen LogP contribution is 2.34. The van der Waals surface area contributed by atoms with E-state index in [-0.39, 0.29) is 11.9 Å². The number of aromatic nitrogens is 2. The Balaban J connectivity index is 1.26. The lowest BCUT2D eigenvalue weighted by Crippen LogP contribution is -2.47. The Morgan fingerprint density at radius 1 is 1.24 bits per heavy atom. The van der Waals surface area contributed by atoms with Gasteiger partial charge < -0.3 is 25.4 Å². The minimum Gasteiger partial charge on any atom is -0.476 e. The van der Waals surface area contributed by atoms with Crippen LogP contribution in [-0.2, 0) is 9.47 Å². The van der Waals surface area contributed by atoms with E-state index in [1.165, 1.54) is 19.3 Å². The second-order valence-electron chi connectivity index (χ2n) is 9.72. The van der Waals surface area contributed by atoms with Gasteiger partial charge in [-0.05, 0) is 46.0 Å². The number of hydrogen-bond acceptors (Lipinski definition) is 9. The predicted octanol–water partition coefficient (Wildman–Crippen LogP) is 3.35. The van der Waals surface area contributed by atoms with E-state index in [2.05, 4.69) is 30.8 Å². The summed E-state index contributed by atoms with van der Waals surface area (Å²) in [5.41, 5.74) is 1.44. The average molecular weight is 476 g/mol. The predicted molar refractivity (Wildman–Crippen MR) is 129 cm³/mol. The molecule has 0 amide bonds. The molecule has 0 radical (unpaired) electrons. The summed E-state index contributed by atoms with van der Waals surface area (Å²) in [7, 11) is 0. The fourth-order valence-corrected chi connectivity index (χ4v) is 5.63. The number of nitrogens with zero attached hydrogens (tertiary/aromatic N) is 3. The van der Waals surface area contributed by atoms with Gasteiger partial charge in [-0.2, -0.15) is 4.98 Å². The Bertz CT molecular complexity index is 918. The molecule has 3 aliphatic heterocycles. The maximum Gasteiger partial charge on any atom is 0.232 e. The molecule has 4 N–H and O–H groups in total. The smallest absolute Gasteiger partial charge is 0.232 e. The summed E-state index contributed by atoms with van der Waals surface area (Å²) in [6.07, 6.45) is 8.58. The molecule has 1 saturated carbocycles. The minimum absolute atomic E-state index is 0.0935. The number of anilines is 2. The van der Waals surface area contributed by atoms with Crippen molar-refractivity contribution in [3.8, 4) is 0 Å². The molecule has 0 spiro atoms. The van der Waals surface area contributed by atoms with Gasteiger partial charge in [0.15, 0.2) is 5.82 Å². The van der Waals surface area contributed by atoms with E-state index < -0.39 is 0 Å². The van der Waals surface area contributed by atoms with Crippen LogP contribution in [-0.4, -0.2) is 70.8 Å². The number of ether oxygens (including phenoxy) is 2. The van der Waals surface area contributed by atoms with Gasteiger partial charge in [-0.3, -0.25) is 10.3 Å². The normalized spacial score (nSPS) is 34.0. The summed E-state index contributed by atoms with van der Waals surface area (Å²) in [6.45, 7) is 6.46. The molecule has 1 unspecified atom stereocenters. The third-order valence-corrected chi connectivity index (χ3v) is 7.57. The van der Waals surface area contributed by atoms with Crippen molar-refractivity contribution in [1.82, 2.24) is 20.2 Å². The van der Waals surface area contributed by atoms with Crippen LogP contribution in [0.5, 0.6) is 0 Å². The summed E-state index contributed by atoms with van der Waals surface area (Å²) in [4.78, 5) is 11.5. The molecular formula is C23H34ClN7O2. The molecule has 3 atom stereocenters. The largest absolute Gasteiger partial charge is 0.476 e. The van der Waals surface area contributed by atoms with Crippen molar-refractivity contribution in [3.05, 3.63) is 22.6 Å². The van der Waals surface area contributed by atoms with Crippen molar-refractivity contribution in [2.24, 2.45) is 0 Å². The van der Waals surface area contributed by atoms with E-state index in [1.807, 2.05) is 13.8 Å². The third-order valence-electron chi connectivity index (χ3n) is 7.29. The Labute approximate surface area is 200 Å². The maximum atomic E-state index is 8.54. The molecule has 1 aliphatic carbocycles. The zero-order valence-corrected chi connectivity index (χ0v) is 20.1. The summed E-state index contributed by atoms with van der Waals surface area (Å²) in [6, 6.07) is 1.78. The Morgan fingerprint density at radius 3 is 2.79 bits per heavy atom. The molecule has 1 aromatic rings. The molecule has 5 rings (SSSR count). The highest BCUT2D eigenvalue weighted by atomic mass is 35.5. The molecule has 1 aromatic heterocycles. The highest BCUT2D eigenvalue weighted by Gasteiger charge is 2.42. The van der Waals surface area contributed by atoms with Gasteiger partial charge in [0, 0.05) is 42.8 Å². The lowest BCUT2D eigenvalue weighted by molar-refractivity contribution is 0.00230. The summed E-state index contributed by atoms with van der Waals surface area (Å²) in [5.74, 6) is 1.06. The summed E-state index contributed by atoms with van der Waals surface area (Å²) >= 11 is 6.27. The molecule has 10 heteroatoms. The molecule has 0 aromatic carbocycles. The molecule has 4 aliphatic rings. The molecule has 4 heterocycles. The van der Waals surface area contributed by atoms with Gasteiger partial charge in [0.1, 0.15) is 10.7 Å².